The van der Waals surface area contributed by atoms with E-state index in [1.54, 1.807) is 60.6 Å². The third-order valence-electron chi connectivity index (χ3n) is 6.52. The lowest BCUT2D eigenvalue weighted by Crippen LogP contribution is -2.42. The molecule has 0 saturated carbocycles. The van der Waals surface area contributed by atoms with Crippen molar-refractivity contribution < 1.29 is 38.4 Å². The molecular formula is C30H35N3O8S. The van der Waals surface area contributed by atoms with E-state index >= 15 is 0 Å². The molecular weight excluding hydrogens is 562 g/mol. The van der Waals surface area contributed by atoms with Crippen molar-refractivity contribution in [2.24, 2.45) is 0 Å². The minimum atomic E-state index is -0.807. The number of aliphatic hydroxyl groups is 1. The number of hydrogen-bond donors (Lipinski definition) is 3. The molecule has 0 fully saturated rings. The van der Waals surface area contributed by atoms with E-state index in [2.05, 4.69) is 11.0 Å². The average molecular weight is 598 g/mol. The van der Waals surface area contributed by atoms with Crippen LogP contribution in [0.25, 0.3) is 6.08 Å². The highest BCUT2D eigenvalue weighted by atomic mass is 32.2. The first-order chi connectivity index (χ1) is 20.2. The summed E-state index contributed by atoms with van der Waals surface area (Å²) in [7, 11) is 4.58. The Morgan fingerprint density at radius 1 is 1.07 bits per heavy atom. The van der Waals surface area contributed by atoms with Crippen LogP contribution < -0.4 is 29.9 Å². The van der Waals surface area contributed by atoms with Crippen LogP contribution in [-0.4, -0.2) is 73.5 Å². The lowest BCUT2D eigenvalue weighted by molar-refractivity contribution is -0.107. The van der Waals surface area contributed by atoms with E-state index in [0.29, 0.717) is 51.2 Å². The van der Waals surface area contributed by atoms with Gasteiger partial charge in [0.05, 0.1) is 44.4 Å². The van der Waals surface area contributed by atoms with Gasteiger partial charge in [-0.25, -0.2) is 0 Å². The standard InChI is InChI=1S/C30H35N3O8S/c1-18-27(19(2)42-30(18)36)41-17-22(34)15-33-14-21(31-32-33)16-40-25-9-7-6-8-23(25)24(35)12-10-20-11-13-26(37-3)29(39-5)28(20)38-4/h6-14,19,22,31-32,34H,15-17H2,1-5H3/b12-10+. The maximum Gasteiger partial charge on any atom is 0.219 e. The van der Waals surface area contributed by atoms with E-state index in [1.165, 1.54) is 39.2 Å². The minimum absolute atomic E-state index is 0.00223. The van der Waals surface area contributed by atoms with Gasteiger partial charge in [0.25, 0.3) is 0 Å². The Bertz CT molecular complexity index is 1410. The van der Waals surface area contributed by atoms with E-state index in [1.807, 2.05) is 6.92 Å². The number of methoxy groups -OCH3 is 3. The number of rotatable bonds is 14. The molecule has 224 valence electrons. The van der Waals surface area contributed by atoms with Gasteiger partial charge in [-0.05, 0) is 50.3 Å². The normalized spacial score (nSPS) is 17.3. The SMILES string of the molecule is COc1ccc(/C=C/C(=O)c2ccccc2OCC2=CN(CC(O)COC3=C(C)C(=O)SC3C)NN2)c(OC)c1OC. The van der Waals surface area contributed by atoms with Gasteiger partial charge >= 0.3 is 0 Å². The molecule has 0 amide bonds. The van der Waals surface area contributed by atoms with Gasteiger partial charge in [0, 0.05) is 17.3 Å². The maximum absolute atomic E-state index is 13.1. The van der Waals surface area contributed by atoms with E-state index in [0.717, 1.165) is 0 Å². The van der Waals surface area contributed by atoms with Crippen molar-refractivity contribution in [2.75, 3.05) is 41.1 Å². The largest absolute Gasteiger partial charge is 0.494 e. The first kappa shape index (κ1) is 30.8. The van der Waals surface area contributed by atoms with Gasteiger partial charge in [-0.15, -0.1) is 5.53 Å². The highest BCUT2D eigenvalue weighted by Gasteiger charge is 2.29. The molecule has 2 aliphatic heterocycles. The summed E-state index contributed by atoms with van der Waals surface area (Å²) >= 11 is 1.22. The zero-order valence-corrected chi connectivity index (χ0v) is 24.9. The molecule has 0 radical (unpaired) electrons. The fourth-order valence-electron chi connectivity index (χ4n) is 4.43. The highest BCUT2D eigenvalue weighted by molar-refractivity contribution is 8.15. The third-order valence-corrected chi connectivity index (χ3v) is 7.61. The van der Waals surface area contributed by atoms with E-state index in [4.69, 9.17) is 23.7 Å². The van der Waals surface area contributed by atoms with Crippen LogP contribution in [0.3, 0.4) is 0 Å². The molecule has 0 aliphatic carbocycles. The van der Waals surface area contributed by atoms with Crippen LogP contribution in [0.5, 0.6) is 23.0 Å². The predicted octanol–water partition coefficient (Wildman–Crippen LogP) is 3.47. The molecule has 4 rings (SSSR count). The Morgan fingerprint density at radius 2 is 1.83 bits per heavy atom. The van der Waals surface area contributed by atoms with Gasteiger partial charge in [0.2, 0.25) is 10.9 Å². The monoisotopic (exact) mass is 597 g/mol. The summed E-state index contributed by atoms with van der Waals surface area (Å²) in [6, 6.07) is 10.5. The minimum Gasteiger partial charge on any atom is -0.494 e. The molecule has 2 aromatic rings. The number of thioether (sulfide) groups is 1. The number of ether oxygens (including phenoxy) is 5. The lowest BCUT2D eigenvalue weighted by atomic mass is 10.1. The van der Waals surface area contributed by atoms with Crippen molar-refractivity contribution in [3.63, 3.8) is 0 Å². The van der Waals surface area contributed by atoms with E-state index in [-0.39, 0.29) is 35.9 Å². The Labute approximate surface area is 249 Å². The van der Waals surface area contributed by atoms with Crippen LogP contribution in [-0.2, 0) is 9.53 Å². The quantitative estimate of drug-likeness (QED) is 0.218. The smallest absolute Gasteiger partial charge is 0.219 e. The summed E-state index contributed by atoms with van der Waals surface area (Å²) in [5.74, 6) is 2.19. The molecule has 0 saturated heterocycles. The molecule has 2 unspecified atom stereocenters. The number of β-amino-alcohol motifs (C(OH)–C–C–N with tert-alkyl or cyclic N) is 1. The summed E-state index contributed by atoms with van der Waals surface area (Å²) in [6.07, 6.45) is 4.06. The summed E-state index contributed by atoms with van der Waals surface area (Å²) in [5, 5.41) is 12.1. The molecule has 12 heteroatoms. The van der Waals surface area contributed by atoms with Gasteiger partial charge in [0.1, 0.15) is 30.8 Å². The molecule has 0 spiro atoms. The number of nitrogens with zero attached hydrogens (tertiary/aromatic N) is 1. The van der Waals surface area contributed by atoms with E-state index < -0.39 is 6.10 Å². The van der Waals surface area contributed by atoms with Crippen LogP contribution in [0.4, 0.5) is 0 Å². The van der Waals surface area contributed by atoms with Crippen molar-refractivity contribution in [3.8, 4) is 23.0 Å². The van der Waals surface area contributed by atoms with E-state index in [9.17, 15) is 14.7 Å². The molecule has 2 aromatic carbocycles. The zero-order valence-electron chi connectivity index (χ0n) is 24.1. The number of hydrogen-bond acceptors (Lipinski definition) is 12. The molecule has 2 atom stereocenters. The van der Waals surface area contributed by atoms with Crippen LogP contribution >= 0.6 is 11.8 Å². The molecule has 3 N–H and O–H groups in total. The number of carbonyl (C=O) groups is 2. The first-order valence-corrected chi connectivity index (χ1v) is 14.1. The van der Waals surface area contributed by atoms with Crippen molar-refractivity contribution in [1.29, 1.82) is 0 Å². The van der Waals surface area contributed by atoms with Gasteiger partial charge in [-0.3, -0.25) is 14.6 Å². The Balaban J connectivity index is 1.34. The second-order valence-corrected chi connectivity index (χ2v) is 10.8. The van der Waals surface area contributed by atoms with Gasteiger partial charge in [-0.1, -0.05) is 23.9 Å². The highest BCUT2D eigenvalue weighted by Crippen LogP contribution is 2.40. The second-order valence-electron chi connectivity index (χ2n) is 9.45. The fourth-order valence-corrected chi connectivity index (χ4v) is 5.38. The molecule has 11 nitrogen and oxygen atoms in total. The number of aliphatic hydroxyl groups excluding tert-OH is 1. The van der Waals surface area contributed by atoms with Crippen molar-refractivity contribution in [3.05, 3.63) is 76.8 Å². The Hall–Kier alpha value is -4.13. The number of para-hydroxylation sites is 1. The first-order valence-electron chi connectivity index (χ1n) is 13.2. The molecule has 2 heterocycles. The number of allylic oxidation sites excluding steroid dienone is 1. The second kappa shape index (κ2) is 14.2. The summed E-state index contributed by atoms with van der Waals surface area (Å²) in [6.45, 7) is 4.08. The predicted molar refractivity (Wildman–Crippen MR) is 159 cm³/mol. The van der Waals surface area contributed by atoms with Crippen LogP contribution in [0.15, 0.2) is 65.7 Å². The molecule has 0 bridgehead atoms. The number of carbonyl (C=O) groups excluding carboxylic acids is 2. The van der Waals surface area contributed by atoms with Crippen molar-refractivity contribution in [1.82, 2.24) is 16.0 Å². The third kappa shape index (κ3) is 7.19. The summed E-state index contributed by atoms with van der Waals surface area (Å²) < 4.78 is 27.9. The van der Waals surface area contributed by atoms with Crippen molar-refractivity contribution in [2.45, 2.75) is 25.2 Å². The van der Waals surface area contributed by atoms with Crippen LogP contribution in [0.2, 0.25) is 0 Å². The van der Waals surface area contributed by atoms with Gasteiger partial charge in [0.15, 0.2) is 17.3 Å². The van der Waals surface area contributed by atoms with Crippen LogP contribution in [0, 0.1) is 0 Å². The lowest BCUT2D eigenvalue weighted by Gasteiger charge is -2.20. The van der Waals surface area contributed by atoms with Crippen molar-refractivity contribution >= 4 is 28.7 Å². The number of ketones is 1. The topological polar surface area (TPSA) is 128 Å². The van der Waals surface area contributed by atoms with Crippen LogP contribution in [0.1, 0.15) is 29.8 Å². The van der Waals surface area contributed by atoms with Gasteiger partial charge < -0.3 is 34.2 Å². The maximum atomic E-state index is 13.1. The summed E-state index contributed by atoms with van der Waals surface area (Å²) in [4.78, 5) is 24.9. The zero-order chi connectivity index (χ0) is 30.2. The molecule has 2 aliphatic rings. The Morgan fingerprint density at radius 3 is 2.52 bits per heavy atom. The number of hydrazine groups is 2. The number of benzene rings is 2. The molecule has 42 heavy (non-hydrogen) atoms. The van der Waals surface area contributed by atoms with Gasteiger partial charge in [-0.2, -0.15) is 0 Å². The average Bonchev–Trinajstić information content (AvgIpc) is 3.54. The Kier molecular flexibility index (Phi) is 10.4. The number of nitrogens with one attached hydrogen (secondary N) is 2. The fraction of sp³-hybridized carbons (Fsp3) is 0.333. The summed E-state index contributed by atoms with van der Waals surface area (Å²) in [5.41, 5.74) is 8.28. The molecule has 0 aromatic heterocycles.